The molecule has 0 saturated carbocycles. The van der Waals surface area contributed by atoms with Crippen LogP contribution in [0.2, 0.25) is 0 Å². The quantitative estimate of drug-likeness (QED) is 0.264. The summed E-state index contributed by atoms with van der Waals surface area (Å²) in [5.74, 6) is -0.756. The van der Waals surface area contributed by atoms with Crippen LogP contribution in [0.15, 0.2) is 72.8 Å². The standard InChI is InChI=1S/C29H32N4O4S/c1-18(2)37-24-9-7-6-8-23(24)27(36)31-28(38)33-32-26(35)20-12-16-22(17-13-20)30-25(34)19-10-14-21(15-11-19)29(3,4)5/h6-18H,1-5H3,(H,30,34)(H,32,35)(H2,31,33,36,38). The van der Waals surface area contributed by atoms with Crippen LogP contribution in [0.25, 0.3) is 0 Å². The highest BCUT2D eigenvalue weighted by Crippen LogP contribution is 2.23. The topological polar surface area (TPSA) is 109 Å². The normalized spacial score (nSPS) is 10.9. The fraction of sp³-hybridized carbons (Fsp3) is 0.241. The van der Waals surface area contributed by atoms with Gasteiger partial charge in [0.25, 0.3) is 17.7 Å². The molecule has 0 atom stereocenters. The van der Waals surface area contributed by atoms with Crippen molar-refractivity contribution in [3.8, 4) is 5.75 Å². The largest absolute Gasteiger partial charge is 0.490 e. The average Bonchev–Trinajstić information content (AvgIpc) is 2.87. The zero-order valence-electron chi connectivity index (χ0n) is 22.0. The van der Waals surface area contributed by atoms with E-state index in [9.17, 15) is 14.4 Å². The molecule has 0 heterocycles. The van der Waals surface area contributed by atoms with Gasteiger partial charge in [0.05, 0.1) is 11.7 Å². The molecule has 0 aromatic heterocycles. The number of anilines is 1. The fourth-order valence-electron chi connectivity index (χ4n) is 3.43. The molecule has 3 aromatic carbocycles. The van der Waals surface area contributed by atoms with Crippen molar-refractivity contribution in [1.82, 2.24) is 16.2 Å². The minimum Gasteiger partial charge on any atom is -0.490 e. The molecule has 3 aromatic rings. The lowest BCUT2D eigenvalue weighted by molar-refractivity contribution is 0.0933. The van der Waals surface area contributed by atoms with E-state index in [-0.39, 0.29) is 22.5 Å². The van der Waals surface area contributed by atoms with Gasteiger partial charge in [-0.3, -0.25) is 30.6 Å². The summed E-state index contributed by atoms with van der Waals surface area (Å²) in [5.41, 5.74) is 7.83. The van der Waals surface area contributed by atoms with Gasteiger partial charge in [-0.25, -0.2) is 0 Å². The Balaban J connectivity index is 1.51. The van der Waals surface area contributed by atoms with Crippen LogP contribution < -0.4 is 26.2 Å². The molecule has 0 aliphatic carbocycles. The third-order valence-electron chi connectivity index (χ3n) is 5.43. The summed E-state index contributed by atoms with van der Waals surface area (Å²) < 4.78 is 5.66. The maximum Gasteiger partial charge on any atom is 0.269 e. The van der Waals surface area contributed by atoms with Gasteiger partial charge in [-0.15, -0.1) is 0 Å². The van der Waals surface area contributed by atoms with Crippen molar-refractivity contribution < 1.29 is 19.1 Å². The molecule has 0 aliphatic rings. The second kappa shape index (κ2) is 12.3. The Hall–Kier alpha value is -4.24. The summed E-state index contributed by atoms with van der Waals surface area (Å²) in [6.45, 7) is 10.1. The predicted molar refractivity (Wildman–Crippen MR) is 152 cm³/mol. The highest BCUT2D eigenvalue weighted by atomic mass is 32.1. The Morgan fingerprint density at radius 2 is 1.34 bits per heavy atom. The van der Waals surface area contributed by atoms with Crippen molar-refractivity contribution in [1.29, 1.82) is 0 Å². The Morgan fingerprint density at radius 1 is 0.763 bits per heavy atom. The molecule has 38 heavy (non-hydrogen) atoms. The van der Waals surface area contributed by atoms with E-state index in [2.05, 4.69) is 42.3 Å². The summed E-state index contributed by atoms with van der Waals surface area (Å²) >= 11 is 5.13. The fourth-order valence-corrected chi connectivity index (χ4v) is 3.57. The van der Waals surface area contributed by atoms with Crippen molar-refractivity contribution in [3.63, 3.8) is 0 Å². The maximum absolute atomic E-state index is 12.6. The number of carbonyl (C=O) groups is 3. The summed E-state index contributed by atoms with van der Waals surface area (Å²) in [6.07, 6.45) is -0.104. The van der Waals surface area contributed by atoms with Crippen molar-refractivity contribution in [2.24, 2.45) is 0 Å². The Kier molecular flexibility index (Phi) is 9.20. The van der Waals surface area contributed by atoms with Crippen LogP contribution in [0.5, 0.6) is 5.75 Å². The number of para-hydroxylation sites is 1. The number of carbonyl (C=O) groups excluding carboxylic acids is 3. The summed E-state index contributed by atoms with van der Waals surface area (Å²) in [6, 6.07) is 20.7. The lowest BCUT2D eigenvalue weighted by Gasteiger charge is -2.19. The van der Waals surface area contributed by atoms with E-state index in [4.69, 9.17) is 17.0 Å². The summed E-state index contributed by atoms with van der Waals surface area (Å²) in [4.78, 5) is 37.7. The molecule has 8 nitrogen and oxygen atoms in total. The molecule has 0 spiro atoms. The number of thiocarbonyl (C=S) groups is 1. The van der Waals surface area contributed by atoms with Gasteiger partial charge in [0.15, 0.2) is 5.11 Å². The summed E-state index contributed by atoms with van der Waals surface area (Å²) in [5, 5.41) is 5.26. The second-order valence-corrected chi connectivity index (χ2v) is 10.3. The van der Waals surface area contributed by atoms with E-state index in [1.165, 1.54) is 0 Å². The first-order chi connectivity index (χ1) is 17.9. The van der Waals surface area contributed by atoms with Crippen LogP contribution in [-0.2, 0) is 5.41 Å². The number of rotatable bonds is 6. The van der Waals surface area contributed by atoms with Crippen LogP contribution in [0, 0.1) is 0 Å². The minimum absolute atomic E-state index is 0.00341. The lowest BCUT2D eigenvalue weighted by Crippen LogP contribution is -2.48. The number of benzene rings is 3. The van der Waals surface area contributed by atoms with Crippen LogP contribution >= 0.6 is 12.2 Å². The van der Waals surface area contributed by atoms with Crippen LogP contribution in [-0.4, -0.2) is 28.9 Å². The molecular formula is C29H32N4O4S. The van der Waals surface area contributed by atoms with Gasteiger partial charge in [0.2, 0.25) is 0 Å². The molecule has 3 amide bonds. The van der Waals surface area contributed by atoms with Gasteiger partial charge in [-0.2, -0.15) is 0 Å². The van der Waals surface area contributed by atoms with E-state index in [1.54, 1.807) is 60.7 Å². The van der Waals surface area contributed by atoms with Gasteiger partial charge < -0.3 is 10.1 Å². The molecule has 0 saturated heterocycles. The van der Waals surface area contributed by atoms with Gasteiger partial charge in [-0.1, -0.05) is 45.0 Å². The summed E-state index contributed by atoms with van der Waals surface area (Å²) in [7, 11) is 0. The van der Waals surface area contributed by atoms with Crippen LogP contribution in [0.4, 0.5) is 5.69 Å². The zero-order chi connectivity index (χ0) is 27.9. The van der Waals surface area contributed by atoms with Crippen LogP contribution in [0.3, 0.4) is 0 Å². The Bertz CT molecular complexity index is 1310. The number of ether oxygens (including phenoxy) is 1. The van der Waals surface area contributed by atoms with E-state index < -0.39 is 11.8 Å². The molecule has 3 rings (SSSR count). The first-order valence-corrected chi connectivity index (χ1v) is 12.5. The number of amides is 3. The molecule has 0 aliphatic heterocycles. The van der Waals surface area contributed by atoms with Gasteiger partial charge in [-0.05, 0) is 85.6 Å². The zero-order valence-corrected chi connectivity index (χ0v) is 22.9. The number of nitrogens with one attached hydrogen (secondary N) is 4. The number of hydrogen-bond donors (Lipinski definition) is 4. The molecule has 4 N–H and O–H groups in total. The average molecular weight is 533 g/mol. The number of hydrazine groups is 1. The minimum atomic E-state index is -0.471. The highest BCUT2D eigenvalue weighted by molar-refractivity contribution is 7.80. The third-order valence-corrected chi connectivity index (χ3v) is 5.63. The molecule has 198 valence electrons. The molecule has 9 heteroatoms. The molecular weight excluding hydrogens is 500 g/mol. The van der Waals surface area contributed by atoms with Crippen molar-refractivity contribution in [3.05, 3.63) is 95.1 Å². The monoisotopic (exact) mass is 532 g/mol. The van der Waals surface area contributed by atoms with E-state index in [0.29, 0.717) is 28.1 Å². The Morgan fingerprint density at radius 3 is 1.95 bits per heavy atom. The first kappa shape index (κ1) is 28.3. The third kappa shape index (κ3) is 7.88. The van der Waals surface area contributed by atoms with E-state index in [1.807, 2.05) is 26.0 Å². The van der Waals surface area contributed by atoms with Crippen molar-refractivity contribution in [2.45, 2.75) is 46.1 Å². The highest BCUT2D eigenvalue weighted by Gasteiger charge is 2.16. The molecule has 0 unspecified atom stereocenters. The SMILES string of the molecule is CC(C)Oc1ccccc1C(=O)NC(=S)NNC(=O)c1ccc(NC(=O)c2ccc(C(C)(C)C)cc2)cc1. The van der Waals surface area contributed by atoms with Gasteiger partial charge in [0.1, 0.15) is 5.75 Å². The second-order valence-electron chi connectivity index (χ2n) is 9.88. The molecule has 0 radical (unpaired) electrons. The maximum atomic E-state index is 12.6. The smallest absolute Gasteiger partial charge is 0.269 e. The molecule has 0 fully saturated rings. The van der Waals surface area contributed by atoms with Crippen LogP contribution in [0.1, 0.15) is 71.3 Å². The van der Waals surface area contributed by atoms with Crippen molar-refractivity contribution in [2.75, 3.05) is 5.32 Å². The molecule has 0 bridgehead atoms. The predicted octanol–water partition coefficient (Wildman–Crippen LogP) is 4.97. The Labute approximate surface area is 228 Å². The lowest BCUT2D eigenvalue weighted by atomic mass is 9.87. The first-order valence-electron chi connectivity index (χ1n) is 12.1. The van der Waals surface area contributed by atoms with E-state index >= 15 is 0 Å². The van der Waals surface area contributed by atoms with Gasteiger partial charge in [0, 0.05) is 16.8 Å². The van der Waals surface area contributed by atoms with E-state index in [0.717, 1.165) is 5.56 Å². The number of hydrogen-bond acceptors (Lipinski definition) is 5. The van der Waals surface area contributed by atoms with Gasteiger partial charge >= 0.3 is 0 Å². The van der Waals surface area contributed by atoms with Crippen molar-refractivity contribution >= 4 is 40.7 Å².